The number of hydrogen-bond acceptors (Lipinski definition) is 2. The van der Waals surface area contributed by atoms with Gasteiger partial charge in [-0.05, 0) is 44.6 Å². The van der Waals surface area contributed by atoms with Crippen molar-refractivity contribution in [3.05, 3.63) is 18.0 Å². The van der Waals surface area contributed by atoms with Gasteiger partial charge in [0.1, 0.15) is 0 Å². The van der Waals surface area contributed by atoms with Crippen molar-refractivity contribution < 1.29 is 5.11 Å². The molecule has 1 heterocycles. The third-order valence-electron chi connectivity index (χ3n) is 3.57. The predicted molar refractivity (Wildman–Crippen MR) is 75.7 cm³/mol. The van der Waals surface area contributed by atoms with Gasteiger partial charge in [-0.1, -0.05) is 27.2 Å². The Kier molecular flexibility index (Phi) is 7.02. The van der Waals surface area contributed by atoms with Crippen molar-refractivity contribution in [3.63, 3.8) is 0 Å². The van der Waals surface area contributed by atoms with E-state index in [-0.39, 0.29) is 6.10 Å². The number of aliphatic hydroxyl groups excluding tert-OH is 1. The van der Waals surface area contributed by atoms with Crippen LogP contribution in [-0.4, -0.2) is 21.0 Å². The highest BCUT2D eigenvalue weighted by atomic mass is 16.3. The van der Waals surface area contributed by atoms with Crippen molar-refractivity contribution in [2.75, 3.05) is 0 Å². The summed E-state index contributed by atoms with van der Waals surface area (Å²) in [6.45, 7) is 6.52. The number of hydrogen-bond donors (Lipinski definition) is 1. The highest BCUT2D eigenvalue weighted by molar-refractivity contribution is 4.99. The van der Waals surface area contributed by atoms with Gasteiger partial charge in [-0.15, -0.1) is 0 Å². The molecule has 0 spiro atoms. The zero-order chi connectivity index (χ0) is 13.4. The minimum absolute atomic E-state index is 0.129. The monoisotopic (exact) mass is 252 g/mol. The number of aliphatic hydroxyl groups is 1. The van der Waals surface area contributed by atoms with Crippen LogP contribution in [-0.2, 0) is 6.42 Å². The lowest BCUT2D eigenvalue weighted by Gasteiger charge is -2.12. The Morgan fingerprint density at radius 2 is 1.94 bits per heavy atom. The second-order valence-corrected chi connectivity index (χ2v) is 5.09. The molecule has 0 fully saturated rings. The summed E-state index contributed by atoms with van der Waals surface area (Å²) in [4.78, 5) is 0. The van der Waals surface area contributed by atoms with Gasteiger partial charge in [0.2, 0.25) is 0 Å². The Hall–Kier alpha value is -0.830. The highest BCUT2D eigenvalue weighted by Crippen LogP contribution is 2.15. The molecule has 1 unspecified atom stereocenters. The van der Waals surface area contributed by atoms with Gasteiger partial charge in [0.15, 0.2) is 0 Å². The van der Waals surface area contributed by atoms with Crippen LogP contribution in [0.4, 0.5) is 0 Å². The molecule has 0 aromatic carbocycles. The molecule has 0 bridgehead atoms. The van der Waals surface area contributed by atoms with Crippen LogP contribution in [0.25, 0.3) is 0 Å². The van der Waals surface area contributed by atoms with Crippen molar-refractivity contribution in [2.24, 2.45) is 0 Å². The second-order valence-electron chi connectivity index (χ2n) is 5.09. The molecule has 18 heavy (non-hydrogen) atoms. The SMILES string of the molecule is CCCC(O)CCCc1ccn(C(CC)CC)n1. The second kappa shape index (κ2) is 8.30. The Bertz CT molecular complexity index is 318. The largest absolute Gasteiger partial charge is 0.393 e. The number of rotatable bonds is 9. The van der Waals surface area contributed by atoms with Crippen LogP contribution in [0.1, 0.15) is 71.0 Å². The maximum Gasteiger partial charge on any atom is 0.0624 e. The first-order valence-electron chi connectivity index (χ1n) is 7.43. The fourth-order valence-corrected chi connectivity index (χ4v) is 2.37. The van der Waals surface area contributed by atoms with Gasteiger partial charge in [0.05, 0.1) is 17.8 Å². The molecular formula is C15H28N2O. The first kappa shape index (κ1) is 15.2. The Morgan fingerprint density at radius 1 is 1.22 bits per heavy atom. The third-order valence-corrected chi connectivity index (χ3v) is 3.57. The van der Waals surface area contributed by atoms with Crippen molar-refractivity contribution in [2.45, 2.75) is 77.9 Å². The van der Waals surface area contributed by atoms with E-state index in [0.717, 1.165) is 50.6 Å². The van der Waals surface area contributed by atoms with Gasteiger partial charge in [-0.25, -0.2) is 0 Å². The van der Waals surface area contributed by atoms with Gasteiger partial charge in [-0.3, -0.25) is 4.68 Å². The molecular weight excluding hydrogens is 224 g/mol. The molecule has 0 saturated carbocycles. The molecule has 1 aromatic rings. The molecule has 0 aliphatic heterocycles. The molecule has 3 nitrogen and oxygen atoms in total. The first-order valence-corrected chi connectivity index (χ1v) is 7.43. The molecule has 0 amide bonds. The van der Waals surface area contributed by atoms with Crippen LogP contribution in [0, 0.1) is 0 Å². The summed E-state index contributed by atoms with van der Waals surface area (Å²) in [5, 5.41) is 14.3. The first-order chi connectivity index (χ1) is 8.71. The molecule has 1 rings (SSSR count). The van der Waals surface area contributed by atoms with Crippen molar-refractivity contribution >= 4 is 0 Å². The van der Waals surface area contributed by atoms with Crippen LogP contribution in [0.5, 0.6) is 0 Å². The lowest BCUT2D eigenvalue weighted by molar-refractivity contribution is 0.151. The van der Waals surface area contributed by atoms with Crippen molar-refractivity contribution in [1.82, 2.24) is 9.78 Å². The zero-order valence-corrected chi connectivity index (χ0v) is 12.1. The van der Waals surface area contributed by atoms with Crippen LogP contribution in [0.3, 0.4) is 0 Å². The van der Waals surface area contributed by atoms with Gasteiger partial charge in [0, 0.05) is 6.20 Å². The normalized spacial score (nSPS) is 13.2. The van der Waals surface area contributed by atoms with E-state index in [4.69, 9.17) is 0 Å². The minimum atomic E-state index is -0.129. The number of aryl methyl sites for hydroxylation is 1. The van der Waals surface area contributed by atoms with E-state index in [1.54, 1.807) is 0 Å². The van der Waals surface area contributed by atoms with Crippen LogP contribution < -0.4 is 0 Å². The third kappa shape index (κ3) is 4.81. The van der Waals surface area contributed by atoms with E-state index in [9.17, 15) is 5.11 Å². The quantitative estimate of drug-likeness (QED) is 0.727. The Morgan fingerprint density at radius 3 is 2.56 bits per heavy atom. The summed E-state index contributed by atoms with van der Waals surface area (Å²) in [6, 6.07) is 2.65. The summed E-state index contributed by atoms with van der Waals surface area (Å²) in [7, 11) is 0. The Labute approximate surface area is 111 Å². The molecule has 0 radical (unpaired) electrons. The van der Waals surface area contributed by atoms with Crippen molar-refractivity contribution in [3.8, 4) is 0 Å². The topological polar surface area (TPSA) is 38.0 Å². The lowest BCUT2D eigenvalue weighted by Crippen LogP contribution is -2.08. The van der Waals surface area contributed by atoms with Gasteiger partial charge in [-0.2, -0.15) is 5.10 Å². The number of nitrogens with zero attached hydrogens (tertiary/aromatic N) is 2. The minimum Gasteiger partial charge on any atom is -0.393 e. The smallest absolute Gasteiger partial charge is 0.0624 e. The van der Waals surface area contributed by atoms with E-state index >= 15 is 0 Å². The molecule has 0 saturated heterocycles. The molecule has 1 N–H and O–H groups in total. The van der Waals surface area contributed by atoms with E-state index < -0.39 is 0 Å². The van der Waals surface area contributed by atoms with E-state index in [1.165, 1.54) is 0 Å². The molecule has 3 heteroatoms. The van der Waals surface area contributed by atoms with Gasteiger partial charge >= 0.3 is 0 Å². The van der Waals surface area contributed by atoms with E-state index in [1.807, 2.05) is 0 Å². The molecule has 1 atom stereocenters. The molecule has 1 aromatic heterocycles. The fourth-order valence-electron chi connectivity index (χ4n) is 2.37. The highest BCUT2D eigenvalue weighted by Gasteiger charge is 2.08. The van der Waals surface area contributed by atoms with E-state index in [2.05, 4.69) is 42.8 Å². The maximum atomic E-state index is 9.67. The summed E-state index contributed by atoms with van der Waals surface area (Å²) in [5.74, 6) is 0. The summed E-state index contributed by atoms with van der Waals surface area (Å²) >= 11 is 0. The van der Waals surface area contributed by atoms with Gasteiger partial charge in [0.25, 0.3) is 0 Å². The summed E-state index contributed by atoms with van der Waals surface area (Å²) in [6.07, 6.45) is 9.11. The Balaban J connectivity index is 2.35. The maximum absolute atomic E-state index is 9.67. The summed E-state index contributed by atoms with van der Waals surface area (Å²) < 4.78 is 2.10. The van der Waals surface area contributed by atoms with Crippen LogP contribution >= 0.6 is 0 Å². The number of aromatic nitrogens is 2. The molecule has 0 aliphatic rings. The molecule has 0 aliphatic carbocycles. The standard InChI is InChI=1S/C15H28N2O/c1-4-8-15(18)10-7-9-13-11-12-17(16-13)14(5-2)6-3/h11-12,14-15,18H,4-10H2,1-3H3. The average molecular weight is 252 g/mol. The van der Waals surface area contributed by atoms with Crippen LogP contribution in [0.15, 0.2) is 12.3 Å². The fraction of sp³-hybridized carbons (Fsp3) is 0.800. The van der Waals surface area contributed by atoms with Crippen molar-refractivity contribution in [1.29, 1.82) is 0 Å². The zero-order valence-electron chi connectivity index (χ0n) is 12.1. The lowest BCUT2D eigenvalue weighted by atomic mass is 10.1. The summed E-state index contributed by atoms with van der Waals surface area (Å²) in [5.41, 5.74) is 1.16. The predicted octanol–water partition coefficient (Wildman–Crippen LogP) is 3.73. The van der Waals surface area contributed by atoms with Crippen LogP contribution in [0.2, 0.25) is 0 Å². The molecule has 104 valence electrons. The van der Waals surface area contributed by atoms with E-state index in [0.29, 0.717) is 6.04 Å². The van der Waals surface area contributed by atoms with Gasteiger partial charge < -0.3 is 5.11 Å². The average Bonchev–Trinajstić information content (AvgIpc) is 2.80.